The van der Waals surface area contributed by atoms with E-state index in [0.717, 1.165) is 24.0 Å². The Kier molecular flexibility index (Phi) is 7.58. The molecular formula is C28H27F3O3. The first-order valence-electron chi connectivity index (χ1n) is 11.3. The Labute approximate surface area is 197 Å². The predicted octanol–water partition coefficient (Wildman–Crippen LogP) is 7.26. The van der Waals surface area contributed by atoms with Crippen LogP contribution in [-0.2, 0) is 9.47 Å². The van der Waals surface area contributed by atoms with Crippen molar-refractivity contribution in [1.29, 1.82) is 0 Å². The van der Waals surface area contributed by atoms with E-state index in [9.17, 15) is 13.2 Å². The molecule has 3 aromatic carbocycles. The number of benzene rings is 3. The molecule has 1 aliphatic heterocycles. The van der Waals surface area contributed by atoms with E-state index < -0.39 is 11.6 Å². The molecule has 0 radical (unpaired) electrons. The molecule has 1 fully saturated rings. The number of ether oxygens (including phenoxy) is 3. The third kappa shape index (κ3) is 5.28. The highest BCUT2D eigenvalue weighted by Crippen LogP contribution is 2.34. The van der Waals surface area contributed by atoms with Gasteiger partial charge in [-0.2, -0.15) is 4.39 Å². The van der Waals surface area contributed by atoms with Gasteiger partial charge in [0, 0.05) is 11.5 Å². The highest BCUT2D eigenvalue weighted by molar-refractivity contribution is 5.71. The molecule has 1 saturated heterocycles. The molecular weight excluding hydrogens is 441 g/mol. The van der Waals surface area contributed by atoms with Crippen molar-refractivity contribution in [3.05, 3.63) is 90.5 Å². The lowest BCUT2D eigenvalue weighted by Crippen LogP contribution is -2.22. The minimum absolute atomic E-state index is 0.0620. The van der Waals surface area contributed by atoms with Crippen molar-refractivity contribution < 1.29 is 27.4 Å². The zero-order valence-corrected chi connectivity index (χ0v) is 19.0. The molecule has 6 heteroatoms. The molecule has 3 nitrogen and oxygen atoms in total. The van der Waals surface area contributed by atoms with Gasteiger partial charge in [-0.3, -0.25) is 0 Å². The van der Waals surface area contributed by atoms with E-state index in [1.165, 1.54) is 24.5 Å². The van der Waals surface area contributed by atoms with E-state index in [1.807, 2.05) is 19.1 Å². The second kappa shape index (κ2) is 10.8. The van der Waals surface area contributed by atoms with Crippen molar-refractivity contribution in [1.82, 2.24) is 0 Å². The quantitative estimate of drug-likeness (QED) is 0.257. The topological polar surface area (TPSA) is 27.7 Å². The summed E-state index contributed by atoms with van der Waals surface area (Å²) in [6.45, 7) is 6.21. The van der Waals surface area contributed by atoms with Gasteiger partial charge in [-0.1, -0.05) is 43.0 Å². The molecule has 0 aromatic heterocycles. The Balaban J connectivity index is 1.49. The maximum Gasteiger partial charge on any atom is 0.201 e. The van der Waals surface area contributed by atoms with Gasteiger partial charge in [-0.05, 0) is 60.2 Å². The Morgan fingerprint density at radius 1 is 0.912 bits per heavy atom. The average molecular weight is 469 g/mol. The van der Waals surface area contributed by atoms with Crippen molar-refractivity contribution in [3.63, 3.8) is 0 Å². The summed E-state index contributed by atoms with van der Waals surface area (Å²) >= 11 is 0. The van der Waals surface area contributed by atoms with Crippen LogP contribution in [0, 0.1) is 17.5 Å². The lowest BCUT2D eigenvalue weighted by molar-refractivity contribution is 0.0148. The van der Waals surface area contributed by atoms with E-state index in [2.05, 4.69) is 6.58 Å². The minimum atomic E-state index is -1.06. The third-order valence-corrected chi connectivity index (χ3v) is 6.10. The molecule has 2 unspecified atom stereocenters. The summed E-state index contributed by atoms with van der Waals surface area (Å²) in [5.41, 5.74) is 2.79. The van der Waals surface area contributed by atoms with Crippen LogP contribution in [0.25, 0.3) is 22.3 Å². The average Bonchev–Trinajstić information content (AvgIpc) is 2.85. The van der Waals surface area contributed by atoms with E-state index in [4.69, 9.17) is 14.2 Å². The van der Waals surface area contributed by atoms with Crippen molar-refractivity contribution in [3.8, 4) is 28.0 Å². The zero-order chi connectivity index (χ0) is 24.1. The third-order valence-electron chi connectivity index (χ3n) is 6.10. The van der Waals surface area contributed by atoms with Crippen LogP contribution >= 0.6 is 0 Å². The van der Waals surface area contributed by atoms with E-state index in [1.54, 1.807) is 24.3 Å². The Hall–Kier alpha value is -3.25. The fourth-order valence-corrected chi connectivity index (χ4v) is 4.16. The lowest BCUT2D eigenvalue weighted by Gasteiger charge is -2.27. The summed E-state index contributed by atoms with van der Waals surface area (Å²) in [5, 5.41) is 0. The van der Waals surface area contributed by atoms with Gasteiger partial charge in [-0.25, -0.2) is 8.78 Å². The van der Waals surface area contributed by atoms with Crippen LogP contribution in [0.3, 0.4) is 0 Å². The number of hydrogen-bond acceptors (Lipinski definition) is 3. The van der Waals surface area contributed by atoms with Crippen LogP contribution in [0.1, 0.15) is 31.2 Å². The highest BCUT2D eigenvalue weighted by atomic mass is 19.2. The largest absolute Gasteiger partial charge is 0.498 e. The molecule has 1 aliphatic rings. The Bertz CT molecular complexity index is 1140. The normalized spacial score (nSPS) is 17.9. The van der Waals surface area contributed by atoms with Gasteiger partial charge >= 0.3 is 0 Å². The lowest BCUT2D eigenvalue weighted by atomic mass is 9.90. The molecule has 3 aromatic rings. The molecule has 0 aliphatic carbocycles. The minimum Gasteiger partial charge on any atom is -0.498 e. The Morgan fingerprint density at radius 3 is 2.32 bits per heavy atom. The molecule has 2 atom stereocenters. The maximum atomic E-state index is 14.9. The van der Waals surface area contributed by atoms with Crippen LogP contribution < -0.4 is 4.74 Å². The maximum absolute atomic E-state index is 14.9. The monoisotopic (exact) mass is 468 g/mol. The van der Waals surface area contributed by atoms with Gasteiger partial charge in [0.25, 0.3) is 0 Å². The summed E-state index contributed by atoms with van der Waals surface area (Å²) in [7, 11) is 0. The molecule has 0 bridgehead atoms. The van der Waals surface area contributed by atoms with Crippen LogP contribution in [-0.4, -0.2) is 25.9 Å². The van der Waals surface area contributed by atoms with Crippen LogP contribution in [0.4, 0.5) is 13.2 Å². The number of rotatable bonds is 8. The first-order valence-corrected chi connectivity index (χ1v) is 11.3. The predicted molar refractivity (Wildman–Crippen MR) is 126 cm³/mol. The highest BCUT2D eigenvalue weighted by Gasteiger charge is 2.23. The van der Waals surface area contributed by atoms with E-state index in [0.29, 0.717) is 17.7 Å². The van der Waals surface area contributed by atoms with E-state index >= 15 is 0 Å². The fourth-order valence-electron chi connectivity index (χ4n) is 4.16. The van der Waals surface area contributed by atoms with Gasteiger partial charge in [0.2, 0.25) is 5.82 Å². The molecule has 0 saturated carbocycles. The molecule has 0 amide bonds. The Morgan fingerprint density at radius 2 is 1.65 bits per heavy atom. The molecule has 34 heavy (non-hydrogen) atoms. The fraction of sp³-hybridized carbons (Fsp3) is 0.286. The van der Waals surface area contributed by atoms with Gasteiger partial charge in [0.05, 0.1) is 19.0 Å². The van der Waals surface area contributed by atoms with Crippen molar-refractivity contribution in [2.24, 2.45) is 0 Å². The van der Waals surface area contributed by atoms with Crippen LogP contribution in [0.2, 0.25) is 0 Å². The molecule has 4 rings (SSSR count). The summed E-state index contributed by atoms with van der Waals surface area (Å²) in [6, 6.07) is 15.0. The summed E-state index contributed by atoms with van der Waals surface area (Å²) in [5.74, 6) is -2.42. The van der Waals surface area contributed by atoms with Gasteiger partial charge in [-0.15, -0.1) is 0 Å². The molecule has 1 heterocycles. The van der Waals surface area contributed by atoms with Gasteiger partial charge < -0.3 is 14.2 Å². The van der Waals surface area contributed by atoms with Crippen molar-refractivity contribution >= 4 is 0 Å². The second-order valence-electron chi connectivity index (χ2n) is 8.36. The van der Waals surface area contributed by atoms with Crippen molar-refractivity contribution in [2.45, 2.75) is 31.8 Å². The smallest absolute Gasteiger partial charge is 0.201 e. The number of halogens is 3. The zero-order valence-electron chi connectivity index (χ0n) is 19.0. The first kappa shape index (κ1) is 23.9. The van der Waals surface area contributed by atoms with Crippen LogP contribution in [0.15, 0.2) is 67.4 Å². The van der Waals surface area contributed by atoms with Crippen LogP contribution in [0.5, 0.6) is 5.75 Å². The molecule has 0 spiro atoms. The standard InChI is InChI=1S/C28H27F3O3/c1-3-32-14-15-33-26-13-12-24(27(30)28(26)31)20-8-6-19(7-9-20)21-10-11-23(25(29)16-21)22-5-4-18(2)34-17-22/h3,6-13,16,18,22H,1,4-5,14-15,17H2,2H3. The summed E-state index contributed by atoms with van der Waals surface area (Å²) in [6.07, 6.45) is 3.29. The van der Waals surface area contributed by atoms with E-state index in [-0.39, 0.29) is 42.4 Å². The second-order valence-corrected chi connectivity index (χ2v) is 8.36. The van der Waals surface area contributed by atoms with Gasteiger partial charge in [0.15, 0.2) is 11.6 Å². The SMILES string of the molecule is C=COCCOc1ccc(-c2ccc(-c3ccc(C4CCC(C)OC4)c(F)c3)cc2)c(F)c1F. The summed E-state index contributed by atoms with van der Waals surface area (Å²) < 4.78 is 59.8. The first-order chi connectivity index (χ1) is 16.5. The number of hydrogen-bond donors (Lipinski definition) is 0. The van der Waals surface area contributed by atoms with Gasteiger partial charge in [0.1, 0.15) is 19.0 Å². The molecule has 0 N–H and O–H groups in total. The summed E-state index contributed by atoms with van der Waals surface area (Å²) in [4.78, 5) is 0. The molecule has 178 valence electrons. The van der Waals surface area contributed by atoms with Crippen molar-refractivity contribution in [2.75, 3.05) is 19.8 Å².